The molecule has 0 atom stereocenters. The van der Waals surface area contributed by atoms with Gasteiger partial charge in [-0.15, -0.1) is 0 Å². The van der Waals surface area contributed by atoms with Crippen molar-refractivity contribution in [3.05, 3.63) is 54.5 Å². The Balaban J connectivity index is 1.87. The van der Waals surface area contributed by atoms with E-state index in [-0.39, 0.29) is 5.82 Å². The van der Waals surface area contributed by atoms with E-state index in [4.69, 9.17) is 0 Å². The largest absolute Gasteiger partial charge is 0.361 e. The summed E-state index contributed by atoms with van der Waals surface area (Å²) in [5.41, 5.74) is 2.11. The van der Waals surface area contributed by atoms with E-state index in [1.54, 1.807) is 24.7 Å². The lowest BCUT2D eigenvalue weighted by Crippen LogP contribution is -1.97. The summed E-state index contributed by atoms with van der Waals surface area (Å²) < 4.78 is 15.2. The van der Waals surface area contributed by atoms with Crippen molar-refractivity contribution in [1.82, 2.24) is 14.5 Å². The molecule has 0 unspecified atom stereocenters. The van der Waals surface area contributed by atoms with Crippen molar-refractivity contribution >= 4 is 10.9 Å². The van der Waals surface area contributed by atoms with Crippen LogP contribution in [0.15, 0.2) is 43.1 Å². The molecule has 2 heterocycles. The zero-order chi connectivity index (χ0) is 11.7. The monoisotopic (exact) mass is 229 g/mol. The number of rotatable bonds is 3. The first-order valence-corrected chi connectivity index (χ1v) is 5.54. The molecule has 0 amide bonds. The van der Waals surface area contributed by atoms with Gasteiger partial charge in [0.15, 0.2) is 0 Å². The molecule has 1 aromatic carbocycles. The number of nitrogens with one attached hydrogen (secondary N) is 1. The molecule has 17 heavy (non-hydrogen) atoms. The topological polar surface area (TPSA) is 33.6 Å². The Morgan fingerprint density at radius 2 is 2.29 bits per heavy atom. The summed E-state index contributed by atoms with van der Waals surface area (Å²) in [7, 11) is 0. The van der Waals surface area contributed by atoms with Gasteiger partial charge in [-0.1, -0.05) is 0 Å². The van der Waals surface area contributed by atoms with E-state index >= 15 is 0 Å². The average Bonchev–Trinajstić information content (AvgIpc) is 2.94. The smallest absolute Gasteiger partial charge is 0.123 e. The lowest BCUT2D eigenvalue weighted by molar-refractivity contribution is 0.629. The molecule has 86 valence electrons. The van der Waals surface area contributed by atoms with E-state index in [0.717, 1.165) is 29.4 Å². The molecule has 1 N–H and O–H groups in total. The van der Waals surface area contributed by atoms with Crippen LogP contribution in [0.2, 0.25) is 0 Å². The number of H-pyrrole nitrogens is 1. The van der Waals surface area contributed by atoms with Crippen LogP contribution in [0.3, 0.4) is 0 Å². The summed E-state index contributed by atoms with van der Waals surface area (Å²) in [4.78, 5) is 7.15. The van der Waals surface area contributed by atoms with Gasteiger partial charge in [0.05, 0.1) is 6.33 Å². The molecular formula is C13H12FN3. The van der Waals surface area contributed by atoms with Gasteiger partial charge in [-0.2, -0.15) is 0 Å². The zero-order valence-electron chi connectivity index (χ0n) is 9.23. The summed E-state index contributed by atoms with van der Waals surface area (Å²) in [6, 6.07) is 4.82. The summed E-state index contributed by atoms with van der Waals surface area (Å²) in [6.45, 7) is 0.851. The maximum Gasteiger partial charge on any atom is 0.123 e. The number of aromatic amines is 1. The number of aryl methyl sites for hydroxylation is 2. The maximum atomic E-state index is 13.2. The van der Waals surface area contributed by atoms with Crippen molar-refractivity contribution in [3.63, 3.8) is 0 Å². The third-order valence-corrected chi connectivity index (χ3v) is 2.93. The maximum absolute atomic E-state index is 13.2. The molecular weight excluding hydrogens is 217 g/mol. The number of benzene rings is 1. The third-order valence-electron chi connectivity index (χ3n) is 2.93. The molecule has 3 aromatic rings. The quantitative estimate of drug-likeness (QED) is 0.736. The number of fused-ring (bicyclic) bond motifs is 1. The molecule has 3 rings (SSSR count). The molecule has 2 aromatic heterocycles. The molecule has 0 aliphatic heterocycles. The van der Waals surface area contributed by atoms with Crippen LogP contribution < -0.4 is 0 Å². The Kier molecular flexibility index (Phi) is 2.40. The Bertz CT molecular complexity index is 625. The Hall–Kier alpha value is -2.10. The van der Waals surface area contributed by atoms with E-state index in [9.17, 15) is 4.39 Å². The molecule has 4 heteroatoms. The second-order valence-corrected chi connectivity index (χ2v) is 4.05. The second kappa shape index (κ2) is 4.05. The highest BCUT2D eigenvalue weighted by atomic mass is 19.1. The van der Waals surface area contributed by atoms with Crippen LogP contribution in [0, 0.1) is 5.82 Å². The van der Waals surface area contributed by atoms with Crippen molar-refractivity contribution in [1.29, 1.82) is 0 Å². The highest BCUT2D eigenvalue weighted by molar-refractivity contribution is 5.83. The second-order valence-electron chi connectivity index (χ2n) is 4.05. The van der Waals surface area contributed by atoms with E-state index in [1.807, 2.05) is 17.0 Å². The van der Waals surface area contributed by atoms with Gasteiger partial charge in [0.1, 0.15) is 5.82 Å². The predicted octanol–water partition coefficient (Wildman–Crippen LogP) is 2.75. The Labute approximate surface area is 97.9 Å². The first kappa shape index (κ1) is 10.1. The van der Waals surface area contributed by atoms with Crippen molar-refractivity contribution < 1.29 is 4.39 Å². The van der Waals surface area contributed by atoms with Crippen LogP contribution in [0.1, 0.15) is 5.56 Å². The van der Waals surface area contributed by atoms with Gasteiger partial charge >= 0.3 is 0 Å². The van der Waals surface area contributed by atoms with Crippen molar-refractivity contribution in [3.8, 4) is 0 Å². The number of nitrogens with zero attached hydrogens (tertiary/aromatic N) is 2. The van der Waals surface area contributed by atoms with Gasteiger partial charge in [-0.05, 0) is 30.2 Å². The minimum atomic E-state index is -0.194. The highest BCUT2D eigenvalue weighted by Gasteiger charge is 2.04. The van der Waals surface area contributed by atoms with Gasteiger partial charge < -0.3 is 9.55 Å². The molecule has 3 nitrogen and oxygen atoms in total. The number of hydrogen-bond acceptors (Lipinski definition) is 1. The van der Waals surface area contributed by atoms with E-state index in [1.165, 1.54) is 6.07 Å². The van der Waals surface area contributed by atoms with Gasteiger partial charge in [-0.25, -0.2) is 9.37 Å². The third kappa shape index (κ3) is 1.93. The van der Waals surface area contributed by atoms with Crippen LogP contribution in [0.5, 0.6) is 0 Å². The average molecular weight is 229 g/mol. The number of imidazole rings is 1. The van der Waals surface area contributed by atoms with Gasteiger partial charge in [-0.3, -0.25) is 0 Å². The molecule has 0 spiro atoms. The normalized spacial score (nSPS) is 11.1. The van der Waals surface area contributed by atoms with Crippen LogP contribution in [-0.2, 0) is 13.0 Å². The lowest BCUT2D eigenvalue weighted by atomic mass is 10.1. The van der Waals surface area contributed by atoms with E-state index < -0.39 is 0 Å². The fourth-order valence-corrected chi connectivity index (χ4v) is 2.03. The van der Waals surface area contributed by atoms with Gasteiger partial charge in [0, 0.05) is 36.0 Å². The fourth-order valence-electron chi connectivity index (χ4n) is 2.03. The van der Waals surface area contributed by atoms with Crippen LogP contribution >= 0.6 is 0 Å². The van der Waals surface area contributed by atoms with E-state index in [2.05, 4.69) is 9.97 Å². The number of halogens is 1. The summed E-state index contributed by atoms with van der Waals surface area (Å²) in [6.07, 6.45) is 8.28. The number of aromatic nitrogens is 3. The fraction of sp³-hybridized carbons (Fsp3) is 0.154. The van der Waals surface area contributed by atoms with Crippen LogP contribution in [0.4, 0.5) is 4.39 Å². The molecule has 0 fully saturated rings. The van der Waals surface area contributed by atoms with Gasteiger partial charge in [0.2, 0.25) is 0 Å². The highest BCUT2D eigenvalue weighted by Crippen LogP contribution is 2.20. The lowest BCUT2D eigenvalue weighted by Gasteiger charge is -2.01. The van der Waals surface area contributed by atoms with Crippen molar-refractivity contribution in [2.75, 3.05) is 0 Å². The summed E-state index contributed by atoms with van der Waals surface area (Å²) in [5, 5.41) is 0.963. The first-order valence-electron chi connectivity index (χ1n) is 5.54. The first-order chi connectivity index (χ1) is 8.33. The Morgan fingerprint density at radius 1 is 1.35 bits per heavy atom. The zero-order valence-corrected chi connectivity index (χ0v) is 9.23. The molecule has 0 bridgehead atoms. The van der Waals surface area contributed by atoms with Crippen LogP contribution in [-0.4, -0.2) is 14.5 Å². The summed E-state index contributed by atoms with van der Waals surface area (Å²) in [5.74, 6) is -0.194. The van der Waals surface area contributed by atoms with Gasteiger partial charge in [0.25, 0.3) is 0 Å². The summed E-state index contributed by atoms with van der Waals surface area (Å²) >= 11 is 0. The molecule has 0 saturated heterocycles. The number of hydrogen-bond donors (Lipinski definition) is 1. The van der Waals surface area contributed by atoms with Crippen LogP contribution in [0.25, 0.3) is 10.9 Å². The molecule has 0 radical (unpaired) electrons. The molecule has 0 saturated carbocycles. The van der Waals surface area contributed by atoms with Crippen molar-refractivity contribution in [2.45, 2.75) is 13.0 Å². The van der Waals surface area contributed by atoms with Crippen molar-refractivity contribution in [2.24, 2.45) is 0 Å². The molecule has 0 aliphatic carbocycles. The minimum Gasteiger partial charge on any atom is -0.361 e. The SMILES string of the molecule is Fc1ccc2[nH]cc(CCn3ccnc3)c2c1. The standard InChI is InChI=1S/C13H12FN3/c14-11-1-2-13-12(7-11)10(8-16-13)3-5-17-6-4-15-9-17/h1-2,4,6-9,16H,3,5H2. The molecule has 0 aliphatic rings. The van der Waals surface area contributed by atoms with E-state index in [0.29, 0.717) is 0 Å². The predicted molar refractivity (Wildman–Crippen MR) is 64.2 cm³/mol. The Morgan fingerprint density at radius 3 is 3.12 bits per heavy atom. The minimum absolute atomic E-state index is 0.194.